The van der Waals surface area contributed by atoms with E-state index in [1.165, 1.54) is 6.20 Å². The molecule has 1 aromatic rings. The van der Waals surface area contributed by atoms with E-state index >= 15 is 0 Å². The van der Waals surface area contributed by atoms with E-state index in [2.05, 4.69) is 9.97 Å². The van der Waals surface area contributed by atoms with E-state index in [0.717, 1.165) is 12.8 Å². The van der Waals surface area contributed by atoms with Crippen LogP contribution in [0.4, 0.5) is 0 Å². The van der Waals surface area contributed by atoms with Crippen LogP contribution in [-0.2, 0) is 0 Å². The number of likely N-dealkylation sites (tertiary alicyclic amines) is 1. The lowest BCUT2D eigenvalue weighted by Crippen LogP contribution is -2.42. The molecule has 0 bridgehead atoms. The zero-order valence-corrected chi connectivity index (χ0v) is 8.19. The monoisotopic (exact) mass is 211 g/mol. The number of rotatable bonds is 1. The van der Waals surface area contributed by atoms with Gasteiger partial charge in [-0.15, -0.1) is 0 Å². The molecule has 82 valence electrons. The Kier molecular flexibility index (Phi) is 2.59. The molecule has 6 heteroatoms. The van der Waals surface area contributed by atoms with Crippen LogP contribution in [0.5, 0.6) is 0 Å². The summed E-state index contributed by atoms with van der Waals surface area (Å²) in [4.78, 5) is 28.9. The first-order valence-electron chi connectivity index (χ1n) is 4.92. The third kappa shape index (κ3) is 2.10. The standard InChI is InChI=1S/C9H13N3O3/c13-6-2-1-3-12(5-6)8(14)7-4-10-9(15)11-7/h4,6,13H,1-3,5H2,(H2,10,11,15)/t6-/m0/s1. The molecule has 1 fully saturated rings. The highest BCUT2D eigenvalue weighted by atomic mass is 16.3. The Morgan fingerprint density at radius 2 is 2.40 bits per heavy atom. The Labute approximate surface area is 85.9 Å². The van der Waals surface area contributed by atoms with Gasteiger partial charge in [0.15, 0.2) is 0 Å². The Morgan fingerprint density at radius 3 is 3.00 bits per heavy atom. The first-order chi connectivity index (χ1) is 7.16. The number of hydrogen-bond donors (Lipinski definition) is 3. The second-order valence-corrected chi connectivity index (χ2v) is 3.70. The number of aliphatic hydroxyl groups excluding tert-OH is 1. The quantitative estimate of drug-likeness (QED) is 0.573. The van der Waals surface area contributed by atoms with Crippen LogP contribution in [0.1, 0.15) is 23.3 Å². The second-order valence-electron chi connectivity index (χ2n) is 3.70. The molecule has 1 saturated heterocycles. The number of nitrogens with one attached hydrogen (secondary N) is 2. The number of imidazole rings is 1. The van der Waals surface area contributed by atoms with E-state index in [9.17, 15) is 14.7 Å². The summed E-state index contributed by atoms with van der Waals surface area (Å²) in [7, 11) is 0. The van der Waals surface area contributed by atoms with Crippen LogP contribution in [-0.4, -0.2) is 45.1 Å². The van der Waals surface area contributed by atoms with Gasteiger partial charge in [-0.2, -0.15) is 0 Å². The lowest BCUT2D eigenvalue weighted by Gasteiger charge is -2.29. The minimum Gasteiger partial charge on any atom is -0.391 e. The zero-order valence-electron chi connectivity index (χ0n) is 8.19. The Morgan fingerprint density at radius 1 is 1.60 bits per heavy atom. The number of carbonyl (C=O) groups is 1. The van der Waals surface area contributed by atoms with Crippen molar-refractivity contribution in [3.05, 3.63) is 22.4 Å². The lowest BCUT2D eigenvalue weighted by atomic mass is 10.1. The molecule has 6 nitrogen and oxygen atoms in total. The molecule has 0 aromatic carbocycles. The van der Waals surface area contributed by atoms with Crippen LogP contribution in [0, 0.1) is 0 Å². The maximum atomic E-state index is 11.8. The van der Waals surface area contributed by atoms with Crippen molar-refractivity contribution in [1.82, 2.24) is 14.9 Å². The Bertz CT molecular complexity index is 409. The molecule has 1 amide bonds. The van der Waals surface area contributed by atoms with Gasteiger partial charge in [0.2, 0.25) is 0 Å². The van der Waals surface area contributed by atoms with E-state index in [-0.39, 0.29) is 11.6 Å². The van der Waals surface area contributed by atoms with Crippen molar-refractivity contribution in [3.63, 3.8) is 0 Å². The van der Waals surface area contributed by atoms with Crippen molar-refractivity contribution in [2.75, 3.05) is 13.1 Å². The molecule has 1 aliphatic heterocycles. The molecule has 0 unspecified atom stereocenters. The fraction of sp³-hybridized carbons (Fsp3) is 0.556. The topological polar surface area (TPSA) is 89.2 Å². The summed E-state index contributed by atoms with van der Waals surface area (Å²) in [5.41, 5.74) is -0.148. The van der Waals surface area contributed by atoms with Gasteiger partial charge in [-0.3, -0.25) is 4.79 Å². The van der Waals surface area contributed by atoms with Gasteiger partial charge in [-0.05, 0) is 12.8 Å². The number of H-pyrrole nitrogens is 2. The van der Waals surface area contributed by atoms with Gasteiger partial charge in [0.1, 0.15) is 5.69 Å². The fourth-order valence-electron chi connectivity index (χ4n) is 1.76. The molecular weight excluding hydrogens is 198 g/mol. The van der Waals surface area contributed by atoms with Gasteiger partial charge >= 0.3 is 5.69 Å². The summed E-state index contributed by atoms with van der Waals surface area (Å²) in [6.07, 6.45) is 2.43. The summed E-state index contributed by atoms with van der Waals surface area (Å²) in [5.74, 6) is -0.243. The normalized spacial score (nSPS) is 21.7. The summed E-state index contributed by atoms with van der Waals surface area (Å²) in [6, 6.07) is 0. The molecule has 1 aromatic heterocycles. The summed E-state index contributed by atoms with van der Waals surface area (Å²) >= 11 is 0. The molecular formula is C9H13N3O3. The second kappa shape index (κ2) is 3.90. The van der Waals surface area contributed by atoms with Crippen LogP contribution in [0.25, 0.3) is 0 Å². The van der Waals surface area contributed by atoms with E-state index in [1.54, 1.807) is 4.90 Å². The Hall–Kier alpha value is -1.56. The van der Waals surface area contributed by atoms with Crippen LogP contribution >= 0.6 is 0 Å². The molecule has 0 saturated carbocycles. The smallest absolute Gasteiger partial charge is 0.323 e. The van der Waals surface area contributed by atoms with Crippen molar-refractivity contribution in [2.24, 2.45) is 0 Å². The number of carbonyl (C=O) groups excluding carboxylic acids is 1. The van der Waals surface area contributed by atoms with E-state index in [0.29, 0.717) is 13.1 Å². The third-order valence-corrected chi connectivity index (χ3v) is 2.51. The van der Waals surface area contributed by atoms with Gasteiger partial charge in [-0.25, -0.2) is 4.79 Å². The number of amides is 1. The first-order valence-corrected chi connectivity index (χ1v) is 4.92. The van der Waals surface area contributed by atoms with E-state index in [1.807, 2.05) is 0 Å². The van der Waals surface area contributed by atoms with Crippen molar-refractivity contribution in [3.8, 4) is 0 Å². The molecule has 1 aliphatic rings. The Balaban J connectivity index is 2.10. The number of nitrogens with zero attached hydrogens (tertiary/aromatic N) is 1. The van der Waals surface area contributed by atoms with Gasteiger partial charge in [0.25, 0.3) is 5.91 Å². The highest BCUT2D eigenvalue weighted by molar-refractivity contribution is 5.92. The van der Waals surface area contributed by atoms with E-state index in [4.69, 9.17) is 0 Å². The van der Waals surface area contributed by atoms with Gasteiger partial charge in [0.05, 0.1) is 6.10 Å². The number of aromatic nitrogens is 2. The van der Waals surface area contributed by atoms with Crippen LogP contribution in [0.2, 0.25) is 0 Å². The van der Waals surface area contributed by atoms with Crippen molar-refractivity contribution >= 4 is 5.91 Å². The molecule has 0 spiro atoms. The number of piperidine rings is 1. The SMILES string of the molecule is O=C(c1c[nH]c(=O)[nH]1)N1CCC[C@H](O)C1. The highest BCUT2D eigenvalue weighted by Crippen LogP contribution is 2.11. The minimum atomic E-state index is -0.451. The maximum absolute atomic E-state index is 11.8. The minimum absolute atomic E-state index is 0.243. The lowest BCUT2D eigenvalue weighted by molar-refractivity contribution is 0.0469. The average molecular weight is 211 g/mol. The van der Waals surface area contributed by atoms with Crippen molar-refractivity contribution < 1.29 is 9.90 Å². The predicted molar refractivity (Wildman–Crippen MR) is 52.6 cm³/mol. The summed E-state index contributed by atoms with van der Waals surface area (Å²) < 4.78 is 0. The number of aliphatic hydroxyl groups is 1. The zero-order chi connectivity index (χ0) is 10.8. The molecule has 1 atom stereocenters. The highest BCUT2D eigenvalue weighted by Gasteiger charge is 2.23. The number of hydrogen-bond acceptors (Lipinski definition) is 3. The summed E-state index contributed by atoms with van der Waals surface area (Å²) in [6.45, 7) is 0.967. The predicted octanol–water partition coefficient (Wildman–Crippen LogP) is -0.700. The van der Waals surface area contributed by atoms with Crippen LogP contribution in [0.3, 0.4) is 0 Å². The largest absolute Gasteiger partial charge is 0.391 e. The molecule has 15 heavy (non-hydrogen) atoms. The van der Waals surface area contributed by atoms with Crippen molar-refractivity contribution in [1.29, 1.82) is 0 Å². The van der Waals surface area contributed by atoms with Crippen LogP contribution in [0.15, 0.2) is 11.0 Å². The molecule has 0 aliphatic carbocycles. The van der Waals surface area contributed by atoms with Crippen LogP contribution < -0.4 is 5.69 Å². The third-order valence-electron chi connectivity index (χ3n) is 2.51. The fourth-order valence-corrected chi connectivity index (χ4v) is 1.76. The maximum Gasteiger partial charge on any atom is 0.323 e. The number of aromatic amines is 2. The van der Waals surface area contributed by atoms with E-state index < -0.39 is 11.8 Å². The molecule has 3 N–H and O–H groups in total. The van der Waals surface area contributed by atoms with Gasteiger partial charge in [0, 0.05) is 19.3 Å². The van der Waals surface area contributed by atoms with Crippen molar-refractivity contribution in [2.45, 2.75) is 18.9 Å². The molecule has 2 rings (SSSR count). The summed E-state index contributed by atoms with van der Waals surface area (Å²) in [5, 5.41) is 9.41. The average Bonchev–Trinajstić information content (AvgIpc) is 2.64. The van der Waals surface area contributed by atoms with Gasteiger partial charge in [-0.1, -0.05) is 0 Å². The molecule has 2 heterocycles. The number of β-amino-alcohol motifs (C(OH)–C–C–N with tert-alkyl or cyclic N) is 1. The first kappa shape index (κ1) is 9.97. The van der Waals surface area contributed by atoms with Gasteiger partial charge < -0.3 is 20.0 Å². The molecule has 0 radical (unpaired) electrons.